The van der Waals surface area contributed by atoms with Gasteiger partial charge in [-0.1, -0.05) is 17.7 Å². The molecule has 0 aliphatic carbocycles. The van der Waals surface area contributed by atoms with E-state index in [0.717, 1.165) is 22.4 Å². The van der Waals surface area contributed by atoms with Gasteiger partial charge in [0, 0.05) is 10.9 Å². The summed E-state index contributed by atoms with van der Waals surface area (Å²) < 4.78 is 29.1. The molecule has 0 bridgehead atoms. The molecule has 19 heavy (non-hydrogen) atoms. The zero-order valence-electron chi connectivity index (χ0n) is 10.4. The minimum atomic E-state index is -2.45. The molecule has 2 rings (SSSR count). The molecule has 0 fully saturated rings. The smallest absolute Gasteiger partial charge is 0.261 e. The standard InChI is InChI=1S/C13H14F2N2OS/c1-8-2-3-9(5-18-6-12(14)15)10(4-8)11-7-19-13(16)17-11/h2-4,7,12H,5-6H2,1H3,(H2,16,17). The second-order valence-corrected chi connectivity index (χ2v) is 5.03. The van der Waals surface area contributed by atoms with E-state index in [1.807, 2.05) is 30.5 Å². The van der Waals surface area contributed by atoms with Crippen molar-refractivity contribution in [3.05, 3.63) is 34.7 Å². The number of halogens is 2. The number of nitrogen functional groups attached to an aromatic ring is 1. The van der Waals surface area contributed by atoms with E-state index in [9.17, 15) is 8.78 Å². The van der Waals surface area contributed by atoms with Gasteiger partial charge in [-0.25, -0.2) is 13.8 Å². The van der Waals surface area contributed by atoms with Crippen LogP contribution in [-0.2, 0) is 11.3 Å². The third-order valence-electron chi connectivity index (χ3n) is 2.56. The van der Waals surface area contributed by atoms with Gasteiger partial charge in [0.1, 0.15) is 6.61 Å². The highest BCUT2D eigenvalue weighted by atomic mass is 32.1. The Balaban J connectivity index is 2.23. The quantitative estimate of drug-likeness (QED) is 0.914. The predicted octanol–water partition coefficient (Wildman–Crippen LogP) is 3.48. The normalized spacial score (nSPS) is 11.2. The molecule has 0 radical (unpaired) electrons. The Morgan fingerprint density at radius 1 is 1.42 bits per heavy atom. The van der Waals surface area contributed by atoms with Crippen molar-refractivity contribution in [1.29, 1.82) is 0 Å². The van der Waals surface area contributed by atoms with Gasteiger partial charge in [0.2, 0.25) is 0 Å². The fourth-order valence-corrected chi connectivity index (χ4v) is 2.29. The van der Waals surface area contributed by atoms with E-state index in [-0.39, 0.29) is 6.61 Å². The first-order valence-electron chi connectivity index (χ1n) is 5.73. The SMILES string of the molecule is Cc1ccc(COCC(F)F)c(-c2csc(N)n2)c1. The molecule has 0 saturated carbocycles. The van der Waals surface area contributed by atoms with Crippen LogP contribution in [0.2, 0.25) is 0 Å². The third kappa shape index (κ3) is 3.71. The Labute approximate surface area is 114 Å². The van der Waals surface area contributed by atoms with Gasteiger partial charge in [-0.2, -0.15) is 0 Å². The maximum Gasteiger partial charge on any atom is 0.261 e. The van der Waals surface area contributed by atoms with Crippen LogP contribution < -0.4 is 5.73 Å². The average Bonchev–Trinajstić information content (AvgIpc) is 2.77. The molecule has 3 nitrogen and oxygen atoms in total. The molecule has 0 saturated heterocycles. The molecule has 1 aromatic heterocycles. The molecule has 1 heterocycles. The second-order valence-electron chi connectivity index (χ2n) is 4.14. The summed E-state index contributed by atoms with van der Waals surface area (Å²) in [6.07, 6.45) is -2.45. The summed E-state index contributed by atoms with van der Waals surface area (Å²) in [5.41, 5.74) is 9.15. The van der Waals surface area contributed by atoms with Crippen LogP contribution in [0, 0.1) is 6.92 Å². The van der Waals surface area contributed by atoms with Gasteiger partial charge in [-0.05, 0) is 18.6 Å². The lowest BCUT2D eigenvalue weighted by Crippen LogP contribution is -2.05. The number of aromatic nitrogens is 1. The number of thiazole rings is 1. The Morgan fingerprint density at radius 3 is 2.84 bits per heavy atom. The molecule has 1 aromatic carbocycles. The lowest BCUT2D eigenvalue weighted by Gasteiger charge is -2.09. The van der Waals surface area contributed by atoms with E-state index in [0.29, 0.717) is 5.13 Å². The van der Waals surface area contributed by atoms with Gasteiger partial charge < -0.3 is 10.5 Å². The molecule has 0 aliphatic rings. The summed E-state index contributed by atoms with van der Waals surface area (Å²) in [6, 6.07) is 5.74. The number of anilines is 1. The van der Waals surface area contributed by atoms with E-state index in [1.165, 1.54) is 11.3 Å². The largest absolute Gasteiger partial charge is 0.375 e. The van der Waals surface area contributed by atoms with Crippen molar-refractivity contribution >= 4 is 16.5 Å². The Kier molecular flexibility index (Phi) is 4.44. The van der Waals surface area contributed by atoms with E-state index in [4.69, 9.17) is 10.5 Å². The number of hydrogen-bond acceptors (Lipinski definition) is 4. The van der Waals surface area contributed by atoms with Gasteiger partial charge in [-0.15, -0.1) is 11.3 Å². The topological polar surface area (TPSA) is 48.1 Å². The molecule has 0 amide bonds. The summed E-state index contributed by atoms with van der Waals surface area (Å²) in [6.45, 7) is 1.53. The average molecular weight is 284 g/mol. The summed E-state index contributed by atoms with van der Waals surface area (Å²) >= 11 is 1.35. The zero-order chi connectivity index (χ0) is 13.8. The van der Waals surface area contributed by atoms with E-state index < -0.39 is 13.0 Å². The van der Waals surface area contributed by atoms with Crippen molar-refractivity contribution in [1.82, 2.24) is 4.98 Å². The molecular formula is C13H14F2N2OS. The van der Waals surface area contributed by atoms with Gasteiger partial charge in [0.15, 0.2) is 5.13 Å². The first-order valence-corrected chi connectivity index (χ1v) is 6.61. The van der Waals surface area contributed by atoms with Crippen molar-refractivity contribution in [2.45, 2.75) is 20.0 Å². The van der Waals surface area contributed by atoms with Gasteiger partial charge >= 0.3 is 0 Å². The monoisotopic (exact) mass is 284 g/mol. The maximum atomic E-state index is 12.1. The molecule has 0 unspecified atom stereocenters. The van der Waals surface area contributed by atoms with Crippen LogP contribution in [-0.4, -0.2) is 18.0 Å². The van der Waals surface area contributed by atoms with Crippen LogP contribution in [0.1, 0.15) is 11.1 Å². The molecule has 0 aliphatic heterocycles. The fraction of sp³-hybridized carbons (Fsp3) is 0.308. The summed E-state index contributed by atoms with van der Waals surface area (Å²) in [4.78, 5) is 4.22. The Hall–Kier alpha value is -1.53. The number of hydrogen-bond donors (Lipinski definition) is 1. The molecule has 6 heteroatoms. The number of ether oxygens (including phenoxy) is 1. The summed E-state index contributed by atoms with van der Waals surface area (Å²) in [5, 5.41) is 2.33. The number of nitrogens with zero attached hydrogens (tertiary/aromatic N) is 1. The minimum absolute atomic E-state index is 0.136. The van der Waals surface area contributed by atoms with Crippen molar-refractivity contribution in [2.75, 3.05) is 12.3 Å². The van der Waals surface area contributed by atoms with Crippen LogP contribution in [0.5, 0.6) is 0 Å². The highest BCUT2D eigenvalue weighted by Gasteiger charge is 2.10. The van der Waals surface area contributed by atoms with Gasteiger partial charge in [0.05, 0.1) is 12.3 Å². The first kappa shape index (κ1) is 13.9. The number of alkyl halides is 2. The third-order valence-corrected chi connectivity index (χ3v) is 3.24. The molecule has 0 spiro atoms. The van der Waals surface area contributed by atoms with Crippen molar-refractivity contribution in [3.8, 4) is 11.3 Å². The first-order chi connectivity index (χ1) is 9.06. The summed E-state index contributed by atoms with van der Waals surface area (Å²) in [5.74, 6) is 0. The van der Waals surface area contributed by atoms with Gasteiger partial charge in [0.25, 0.3) is 6.43 Å². The lowest BCUT2D eigenvalue weighted by atomic mass is 10.0. The lowest BCUT2D eigenvalue weighted by molar-refractivity contribution is 0.0100. The molecule has 0 atom stereocenters. The van der Waals surface area contributed by atoms with E-state index in [2.05, 4.69) is 4.98 Å². The Bertz CT molecular complexity index is 557. The minimum Gasteiger partial charge on any atom is -0.375 e. The van der Waals surface area contributed by atoms with Crippen molar-refractivity contribution < 1.29 is 13.5 Å². The maximum absolute atomic E-state index is 12.1. The Morgan fingerprint density at radius 2 is 2.21 bits per heavy atom. The van der Waals surface area contributed by atoms with Gasteiger partial charge in [-0.3, -0.25) is 0 Å². The molecular weight excluding hydrogens is 270 g/mol. The number of aryl methyl sites for hydroxylation is 1. The molecule has 2 N–H and O–H groups in total. The van der Waals surface area contributed by atoms with Crippen LogP contribution >= 0.6 is 11.3 Å². The number of benzene rings is 1. The molecule has 102 valence electrons. The van der Waals surface area contributed by atoms with Crippen molar-refractivity contribution in [2.24, 2.45) is 0 Å². The van der Waals surface area contributed by atoms with E-state index in [1.54, 1.807) is 0 Å². The van der Waals surface area contributed by atoms with Crippen LogP contribution in [0.4, 0.5) is 13.9 Å². The van der Waals surface area contributed by atoms with Crippen LogP contribution in [0.15, 0.2) is 23.6 Å². The van der Waals surface area contributed by atoms with Crippen LogP contribution in [0.25, 0.3) is 11.3 Å². The predicted molar refractivity (Wildman–Crippen MR) is 72.4 cm³/mol. The summed E-state index contributed by atoms with van der Waals surface area (Å²) in [7, 11) is 0. The zero-order valence-corrected chi connectivity index (χ0v) is 11.2. The second kappa shape index (κ2) is 6.08. The van der Waals surface area contributed by atoms with E-state index >= 15 is 0 Å². The highest BCUT2D eigenvalue weighted by Crippen LogP contribution is 2.28. The van der Waals surface area contributed by atoms with Crippen LogP contribution in [0.3, 0.4) is 0 Å². The fourth-order valence-electron chi connectivity index (χ4n) is 1.72. The highest BCUT2D eigenvalue weighted by molar-refractivity contribution is 7.13. The van der Waals surface area contributed by atoms with Crippen molar-refractivity contribution in [3.63, 3.8) is 0 Å². The number of rotatable bonds is 5. The molecule has 2 aromatic rings. The number of nitrogens with two attached hydrogens (primary N) is 1.